The van der Waals surface area contributed by atoms with Gasteiger partial charge in [0.05, 0.1) is 12.0 Å². The largest absolute Gasteiger partial charge is 0.348 e. The summed E-state index contributed by atoms with van der Waals surface area (Å²) >= 11 is 0. The molecule has 1 aromatic rings. The number of aromatic nitrogens is 3. The molecule has 1 amide bonds. The van der Waals surface area contributed by atoms with Crippen LogP contribution >= 0.6 is 0 Å². The van der Waals surface area contributed by atoms with Gasteiger partial charge in [-0.15, -0.1) is 10.2 Å². The number of rotatable bonds is 4. The number of nitrogens with one attached hydrogen (secondary N) is 1. The number of nitrogens with zero attached hydrogens (tertiary/aromatic N) is 3. The summed E-state index contributed by atoms with van der Waals surface area (Å²) in [4.78, 5) is 12.1. The van der Waals surface area contributed by atoms with Crippen LogP contribution in [0, 0.1) is 5.41 Å². The summed E-state index contributed by atoms with van der Waals surface area (Å²) in [6.07, 6.45) is 1.60. The van der Waals surface area contributed by atoms with Crippen LogP contribution in [0.1, 0.15) is 33.5 Å². The zero-order valence-electron chi connectivity index (χ0n) is 11.1. The molecule has 0 unspecified atom stereocenters. The van der Waals surface area contributed by atoms with Crippen molar-refractivity contribution in [1.82, 2.24) is 20.1 Å². The normalized spacial score (nSPS) is 12.6. The van der Waals surface area contributed by atoms with Crippen LogP contribution in [-0.2, 0) is 18.4 Å². The minimum absolute atomic E-state index is 0.0898. The highest BCUT2D eigenvalue weighted by molar-refractivity contribution is 5.83. The Labute approximate surface area is 102 Å². The molecule has 96 valence electrons. The van der Waals surface area contributed by atoms with E-state index in [-0.39, 0.29) is 5.91 Å². The summed E-state index contributed by atoms with van der Waals surface area (Å²) in [6.45, 7) is 7.71. The van der Waals surface area contributed by atoms with E-state index in [1.165, 1.54) is 0 Å². The highest BCUT2D eigenvalue weighted by Gasteiger charge is 2.40. The van der Waals surface area contributed by atoms with Gasteiger partial charge in [-0.05, 0) is 27.7 Å². The molecule has 0 aromatic carbocycles. The summed E-state index contributed by atoms with van der Waals surface area (Å²) in [5.74, 6) is 0.622. The highest BCUT2D eigenvalue weighted by Crippen LogP contribution is 2.28. The average Bonchev–Trinajstić information content (AvgIpc) is 2.58. The predicted molar refractivity (Wildman–Crippen MR) is 64.9 cm³/mol. The first-order valence-corrected chi connectivity index (χ1v) is 5.56. The van der Waals surface area contributed by atoms with Crippen LogP contribution in [-0.4, -0.2) is 26.2 Å². The lowest BCUT2D eigenvalue weighted by atomic mass is 9.74. The van der Waals surface area contributed by atoms with Gasteiger partial charge in [0.25, 0.3) is 0 Å². The van der Waals surface area contributed by atoms with Crippen LogP contribution in [0.15, 0.2) is 6.33 Å². The fourth-order valence-electron chi connectivity index (χ4n) is 1.14. The molecule has 1 heterocycles. The monoisotopic (exact) mass is 239 g/mol. The number of nitrogens with two attached hydrogens (primary N) is 1. The molecule has 0 fully saturated rings. The van der Waals surface area contributed by atoms with Crippen molar-refractivity contribution in [3.8, 4) is 0 Å². The van der Waals surface area contributed by atoms with Crippen molar-refractivity contribution in [1.29, 1.82) is 0 Å². The Hall–Kier alpha value is -1.43. The third-order valence-electron chi connectivity index (χ3n) is 3.39. The molecule has 17 heavy (non-hydrogen) atoms. The second-order valence-electron chi connectivity index (χ2n) is 5.39. The topological polar surface area (TPSA) is 85.8 Å². The second kappa shape index (κ2) is 4.44. The summed E-state index contributed by atoms with van der Waals surface area (Å²) in [5.41, 5.74) is 4.77. The number of hydrogen-bond donors (Lipinski definition) is 2. The van der Waals surface area contributed by atoms with E-state index < -0.39 is 11.0 Å². The first-order chi connectivity index (χ1) is 7.66. The molecule has 0 aliphatic heterocycles. The zero-order valence-corrected chi connectivity index (χ0v) is 11.1. The van der Waals surface area contributed by atoms with E-state index in [9.17, 15) is 4.79 Å². The lowest BCUT2D eigenvalue weighted by Gasteiger charge is -2.36. The Morgan fingerprint density at radius 1 is 1.47 bits per heavy atom. The van der Waals surface area contributed by atoms with Crippen LogP contribution in [0.4, 0.5) is 0 Å². The lowest BCUT2D eigenvalue weighted by molar-refractivity contribution is -0.132. The van der Waals surface area contributed by atoms with Crippen LogP contribution in [0.2, 0.25) is 0 Å². The van der Waals surface area contributed by atoms with E-state index in [1.54, 1.807) is 10.9 Å². The van der Waals surface area contributed by atoms with Gasteiger partial charge in [-0.2, -0.15) is 0 Å². The first-order valence-electron chi connectivity index (χ1n) is 5.56. The van der Waals surface area contributed by atoms with Crippen molar-refractivity contribution in [2.24, 2.45) is 18.2 Å². The van der Waals surface area contributed by atoms with Gasteiger partial charge in [-0.3, -0.25) is 4.79 Å². The van der Waals surface area contributed by atoms with Crippen molar-refractivity contribution in [3.05, 3.63) is 12.2 Å². The average molecular weight is 239 g/mol. The van der Waals surface area contributed by atoms with Gasteiger partial charge >= 0.3 is 0 Å². The van der Waals surface area contributed by atoms with Gasteiger partial charge in [0.2, 0.25) is 5.91 Å². The molecule has 0 atom stereocenters. The molecule has 1 rings (SSSR count). The minimum atomic E-state index is -0.647. The summed E-state index contributed by atoms with van der Waals surface area (Å²) < 4.78 is 1.76. The molecule has 0 spiro atoms. The van der Waals surface area contributed by atoms with Gasteiger partial charge in [0, 0.05) is 12.6 Å². The Morgan fingerprint density at radius 3 is 2.47 bits per heavy atom. The number of hydrogen-bond acceptors (Lipinski definition) is 4. The van der Waals surface area contributed by atoms with E-state index in [1.807, 2.05) is 34.7 Å². The maximum atomic E-state index is 12.1. The van der Waals surface area contributed by atoms with E-state index in [0.29, 0.717) is 12.4 Å². The standard InChI is InChI=1S/C11H21N5O/c1-10(2,11(3,4)12)9(17)13-6-8-15-14-7-16(8)5/h7H,6,12H2,1-5H3,(H,13,17). The molecule has 0 aliphatic carbocycles. The van der Waals surface area contributed by atoms with Gasteiger partial charge in [-0.25, -0.2) is 0 Å². The van der Waals surface area contributed by atoms with Crippen LogP contribution in [0.5, 0.6) is 0 Å². The molecule has 0 saturated carbocycles. The molecular formula is C11H21N5O. The molecule has 0 aliphatic rings. The number of carbonyl (C=O) groups excluding carboxylic acids is 1. The fourth-order valence-corrected chi connectivity index (χ4v) is 1.14. The van der Waals surface area contributed by atoms with E-state index in [0.717, 1.165) is 0 Å². The van der Waals surface area contributed by atoms with Gasteiger partial charge in [-0.1, -0.05) is 0 Å². The van der Waals surface area contributed by atoms with Crippen LogP contribution < -0.4 is 11.1 Å². The van der Waals surface area contributed by atoms with Crippen LogP contribution in [0.25, 0.3) is 0 Å². The summed E-state index contributed by atoms with van der Waals surface area (Å²) in [5, 5.41) is 10.5. The third-order valence-corrected chi connectivity index (χ3v) is 3.39. The molecule has 3 N–H and O–H groups in total. The van der Waals surface area contributed by atoms with E-state index in [4.69, 9.17) is 5.73 Å². The Morgan fingerprint density at radius 2 is 2.06 bits per heavy atom. The van der Waals surface area contributed by atoms with Crippen molar-refractivity contribution in [2.45, 2.75) is 39.8 Å². The number of amides is 1. The minimum Gasteiger partial charge on any atom is -0.348 e. The SMILES string of the molecule is Cn1cnnc1CNC(=O)C(C)(C)C(C)(C)N. The lowest BCUT2D eigenvalue weighted by Crippen LogP contribution is -2.55. The predicted octanol–water partition coefficient (Wildman–Crippen LogP) is 0.195. The molecule has 0 saturated heterocycles. The van der Waals surface area contributed by atoms with Gasteiger partial charge < -0.3 is 15.6 Å². The van der Waals surface area contributed by atoms with Crippen molar-refractivity contribution >= 4 is 5.91 Å². The molecular weight excluding hydrogens is 218 g/mol. The highest BCUT2D eigenvalue weighted by atomic mass is 16.2. The molecule has 6 nitrogen and oxygen atoms in total. The number of carbonyl (C=O) groups is 1. The van der Waals surface area contributed by atoms with Gasteiger partial charge in [0.15, 0.2) is 5.82 Å². The fraction of sp³-hybridized carbons (Fsp3) is 0.727. The summed E-state index contributed by atoms with van der Waals surface area (Å²) in [6, 6.07) is 0. The van der Waals surface area contributed by atoms with E-state index >= 15 is 0 Å². The maximum absolute atomic E-state index is 12.1. The second-order valence-corrected chi connectivity index (χ2v) is 5.39. The number of aryl methyl sites for hydroxylation is 1. The summed E-state index contributed by atoms with van der Waals surface area (Å²) in [7, 11) is 1.83. The zero-order chi connectivity index (χ0) is 13.3. The first kappa shape index (κ1) is 13.6. The van der Waals surface area contributed by atoms with Gasteiger partial charge in [0.1, 0.15) is 6.33 Å². The Kier molecular flexibility index (Phi) is 3.56. The quantitative estimate of drug-likeness (QED) is 0.785. The van der Waals surface area contributed by atoms with Crippen LogP contribution in [0.3, 0.4) is 0 Å². The molecule has 0 bridgehead atoms. The third kappa shape index (κ3) is 2.82. The van der Waals surface area contributed by atoms with Crippen molar-refractivity contribution in [2.75, 3.05) is 0 Å². The van der Waals surface area contributed by atoms with Crippen molar-refractivity contribution in [3.63, 3.8) is 0 Å². The Balaban J connectivity index is 2.65. The molecule has 6 heteroatoms. The van der Waals surface area contributed by atoms with Crippen molar-refractivity contribution < 1.29 is 4.79 Å². The van der Waals surface area contributed by atoms with E-state index in [2.05, 4.69) is 15.5 Å². The maximum Gasteiger partial charge on any atom is 0.227 e. The molecule has 1 aromatic heterocycles. The smallest absolute Gasteiger partial charge is 0.227 e. The Bertz CT molecular complexity index is 402. The molecule has 0 radical (unpaired) electrons.